The van der Waals surface area contributed by atoms with Crippen molar-refractivity contribution in [2.45, 2.75) is 32.2 Å². The van der Waals surface area contributed by atoms with Gasteiger partial charge in [-0.05, 0) is 58.0 Å². The van der Waals surface area contributed by atoms with Gasteiger partial charge in [0.05, 0.1) is 0 Å². The summed E-state index contributed by atoms with van der Waals surface area (Å²) in [5.41, 5.74) is 6.86. The molecule has 0 radical (unpaired) electrons. The van der Waals surface area contributed by atoms with E-state index in [0.29, 0.717) is 0 Å². The summed E-state index contributed by atoms with van der Waals surface area (Å²) in [4.78, 5) is 2.24. The highest BCUT2D eigenvalue weighted by Gasteiger charge is 2.11. The summed E-state index contributed by atoms with van der Waals surface area (Å²) < 4.78 is 13.0. The van der Waals surface area contributed by atoms with Crippen LogP contribution < -0.4 is 5.73 Å². The lowest BCUT2D eigenvalue weighted by atomic mass is 10.0. The molecule has 17 heavy (non-hydrogen) atoms. The fourth-order valence-electron chi connectivity index (χ4n) is 1.60. The van der Waals surface area contributed by atoms with Gasteiger partial charge >= 0.3 is 0 Å². The first-order valence-electron chi connectivity index (χ1n) is 6.09. The minimum atomic E-state index is -0.159. The van der Waals surface area contributed by atoms with Crippen LogP contribution in [0.4, 0.5) is 4.39 Å². The minimum absolute atomic E-state index is 0.118. The van der Waals surface area contributed by atoms with Crippen LogP contribution in [0.15, 0.2) is 24.3 Å². The Morgan fingerprint density at radius 2 is 2.00 bits per heavy atom. The SMILES string of the molecule is CN(CCc1cccc(F)c1)CCC(C)(C)N. The predicted molar refractivity (Wildman–Crippen MR) is 70.5 cm³/mol. The van der Waals surface area contributed by atoms with Crippen LogP contribution in [0.25, 0.3) is 0 Å². The van der Waals surface area contributed by atoms with Crippen molar-refractivity contribution in [2.75, 3.05) is 20.1 Å². The molecule has 1 aromatic rings. The van der Waals surface area contributed by atoms with Crippen LogP contribution >= 0.6 is 0 Å². The Hall–Kier alpha value is -0.930. The molecule has 96 valence electrons. The first-order valence-corrected chi connectivity index (χ1v) is 6.09. The molecule has 0 aliphatic heterocycles. The van der Waals surface area contributed by atoms with E-state index in [9.17, 15) is 4.39 Å². The molecule has 2 N–H and O–H groups in total. The van der Waals surface area contributed by atoms with Gasteiger partial charge in [0.2, 0.25) is 0 Å². The third kappa shape index (κ3) is 6.39. The topological polar surface area (TPSA) is 29.3 Å². The summed E-state index contributed by atoms with van der Waals surface area (Å²) in [6, 6.07) is 6.79. The molecule has 0 spiro atoms. The van der Waals surface area contributed by atoms with E-state index in [2.05, 4.69) is 11.9 Å². The zero-order chi connectivity index (χ0) is 12.9. The molecule has 0 aromatic heterocycles. The Bertz CT molecular complexity index is 344. The van der Waals surface area contributed by atoms with Gasteiger partial charge in [-0.1, -0.05) is 12.1 Å². The molecule has 0 aliphatic rings. The van der Waals surface area contributed by atoms with Gasteiger partial charge in [0, 0.05) is 12.1 Å². The van der Waals surface area contributed by atoms with E-state index in [1.54, 1.807) is 12.1 Å². The molecule has 0 bridgehead atoms. The third-order valence-corrected chi connectivity index (χ3v) is 2.81. The van der Waals surface area contributed by atoms with Crippen LogP contribution in [0.1, 0.15) is 25.8 Å². The summed E-state index contributed by atoms with van der Waals surface area (Å²) in [6.07, 6.45) is 1.84. The van der Waals surface area contributed by atoms with E-state index in [-0.39, 0.29) is 11.4 Å². The number of rotatable bonds is 6. The number of nitrogens with two attached hydrogens (primary N) is 1. The Kier molecular flexibility index (Phi) is 5.09. The van der Waals surface area contributed by atoms with E-state index in [1.807, 2.05) is 19.9 Å². The first-order chi connectivity index (χ1) is 7.87. The highest BCUT2D eigenvalue weighted by atomic mass is 19.1. The molecule has 0 fully saturated rings. The summed E-state index contributed by atoms with van der Waals surface area (Å²) in [7, 11) is 2.07. The standard InChI is InChI=1S/C14H23FN2/c1-14(2,16)8-10-17(3)9-7-12-5-4-6-13(15)11-12/h4-6,11H,7-10,16H2,1-3H3. The van der Waals surface area contributed by atoms with Crippen LogP contribution in [0.3, 0.4) is 0 Å². The molecule has 3 heteroatoms. The second-order valence-electron chi connectivity index (χ2n) is 5.42. The maximum atomic E-state index is 13.0. The highest BCUT2D eigenvalue weighted by Crippen LogP contribution is 2.07. The normalized spacial score (nSPS) is 12.1. The number of nitrogens with zero attached hydrogens (tertiary/aromatic N) is 1. The molecule has 0 saturated carbocycles. The average molecular weight is 238 g/mol. The Balaban J connectivity index is 2.31. The zero-order valence-corrected chi connectivity index (χ0v) is 11.0. The van der Waals surface area contributed by atoms with E-state index in [1.165, 1.54) is 6.07 Å². The second kappa shape index (κ2) is 6.12. The van der Waals surface area contributed by atoms with Crippen molar-refractivity contribution in [3.63, 3.8) is 0 Å². The molecule has 0 amide bonds. The Morgan fingerprint density at radius 1 is 1.29 bits per heavy atom. The van der Waals surface area contributed by atoms with Crippen LogP contribution in [-0.2, 0) is 6.42 Å². The van der Waals surface area contributed by atoms with Crippen LogP contribution in [-0.4, -0.2) is 30.6 Å². The maximum absolute atomic E-state index is 13.0. The largest absolute Gasteiger partial charge is 0.326 e. The van der Waals surface area contributed by atoms with E-state index < -0.39 is 0 Å². The van der Waals surface area contributed by atoms with Gasteiger partial charge < -0.3 is 10.6 Å². The van der Waals surface area contributed by atoms with E-state index >= 15 is 0 Å². The molecular weight excluding hydrogens is 215 g/mol. The van der Waals surface area contributed by atoms with Gasteiger partial charge in [0.15, 0.2) is 0 Å². The van der Waals surface area contributed by atoms with Crippen LogP contribution in [0.2, 0.25) is 0 Å². The number of hydrogen-bond acceptors (Lipinski definition) is 2. The molecular formula is C14H23FN2. The van der Waals surface area contributed by atoms with Crippen LogP contribution in [0, 0.1) is 5.82 Å². The molecule has 0 saturated heterocycles. The van der Waals surface area contributed by atoms with Crippen molar-refractivity contribution in [3.8, 4) is 0 Å². The predicted octanol–water partition coefficient (Wildman–Crippen LogP) is 2.43. The fraction of sp³-hybridized carbons (Fsp3) is 0.571. The van der Waals surface area contributed by atoms with Gasteiger partial charge in [0.25, 0.3) is 0 Å². The van der Waals surface area contributed by atoms with Crippen LogP contribution in [0.5, 0.6) is 0 Å². The lowest BCUT2D eigenvalue weighted by molar-refractivity contribution is 0.298. The van der Waals surface area contributed by atoms with Gasteiger partial charge in [0.1, 0.15) is 5.82 Å². The summed E-state index contributed by atoms with van der Waals surface area (Å²) in [5.74, 6) is -0.159. The van der Waals surface area contributed by atoms with Crippen molar-refractivity contribution in [1.29, 1.82) is 0 Å². The second-order valence-corrected chi connectivity index (χ2v) is 5.42. The van der Waals surface area contributed by atoms with Crippen molar-refractivity contribution >= 4 is 0 Å². The maximum Gasteiger partial charge on any atom is 0.123 e. The molecule has 1 aromatic carbocycles. The zero-order valence-electron chi connectivity index (χ0n) is 11.0. The summed E-state index contributed by atoms with van der Waals surface area (Å²) in [5, 5.41) is 0. The van der Waals surface area contributed by atoms with Gasteiger partial charge in [-0.2, -0.15) is 0 Å². The Morgan fingerprint density at radius 3 is 2.59 bits per heavy atom. The van der Waals surface area contributed by atoms with Crippen molar-refractivity contribution in [3.05, 3.63) is 35.6 Å². The smallest absolute Gasteiger partial charge is 0.123 e. The number of hydrogen-bond donors (Lipinski definition) is 1. The van der Waals surface area contributed by atoms with Crippen molar-refractivity contribution in [2.24, 2.45) is 5.73 Å². The number of halogens is 1. The fourth-order valence-corrected chi connectivity index (χ4v) is 1.60. The van der Waals surface area contributed by atoms with E-state index in [0.717, 1.165) is 31.5 Å². The van der Waals surface area contributed by atoms with Gasteiger partial charge in [-0.25, -0.2) is 4.39 Å². The van der Waals surface area contributed by atoms with E-state index in [4.69, 9.17) is 5.73 Å². The third-order valence-electron chi connectivity index (χ3n) is 2.81. The monoisotopic (exact) mass is 238 g/mol. The highest BCUT2D eigenvalue weighted by molar-refractivity contribution is 5.16. The lowest BCUT2D eigenvalue weighted by Crippen LogP contribution is -2.36. The minimum Gasteiger partial charge on any atom is -0.326 e. The molecule has 0 heterocycles. The van der Waals surface area contributed by atoms with Crippen molar-refractivity contribution < 1.29 is 4.39 Å². The number of benzene rings is 1. The quantitative estimate of drug-likeness (QED) is 0.824. The Labute approximate surface area is 104 Å². The van der Waals surface area contributed by atoms with Gasteiger partial charge in [-0.3, -0.25) is 0 Å². The lowest BCUT2D eigenvalue weighted by Gasteiger charge is -2.23. The molecule has 2 nitrogen and oxygen atoms in total. The molecule has 0 unspecified atom stereocenters. The summed E-state index contributed by atoms with van der Waals surface area (Å²) in [6.45, 7) is 5.97. The summed E-state index contributed by atoms with van der Waals surface area (Å²) >= 11 is 0. The molecule has 0 atom stereocenters. The molecule has 1 rings (SSSR count). The van der Waals surface area contributed by atoms with Crippen molar-refractivity contribution in [1.82, 2.24) is 4.90 Å². The average Bonchev–Trinajstić information content (AvgIpc) is 2.23. The first kappa shape index (κ1) is 14.1. The molecule has 0 aliphatic carbocycles. The number of likely N-dealkylation sites (N-methyl/N-ethyl adjacent to an activating group) is 1. The van der Waals surface area contributed by atoms with Gasteiger partial charge in [-0.15, -0.1) is 0 Å².